The first kappa shape index (κ1) is 16.8. The van der Waals surface area contributed by atoms with Crippen molar-refractivity contribution in [2.24, 2.45) is 0 Å². The maximum atomic E-state index is 12.9. The van der Waals surface area contributed by atoms with Gasteiger partial charge >= 0.3 is 5.69 Å². The molecule has 3 aromatic rings. The first-order valence-corrected chi connectivity index (χ1v) is 9.12. The van der Waals surface area contributed by atoms with Gasteiger partial charge in [0.05, 0.1) is 31.5 Å². The van der Waals surface area contributed by atoms with E-state index < -0.39 is 5.69 Å². The van der Waals surface area contributed by atoms with Crippen LogP contribution in [-0.4, -0.2) is 46.2 Å². The zero-order valence-electron chi connectivity index (χ0n) is 13.9. The Morgan fingerprint density at radius 3 is 2.69 bits per heavy atom. The fourth-order valence-corrected chi connectivity index (χ4v) is 3.87. The number of carbonyl (C=O) groups excluding carboxylic acids is 1. The van der Waals surface area contributed by atoms with Crippen LogP contribution >= 0.6 is 11.3 Å². The number of carbonyl (C=O) groups is 1. The second-order valence-corrected chi connectivity index (χ2v) is 6.88. The molecule has 1 aliphatic heterocycles. The van der Waals surface area contributed by atoms with Crippen molar-refractivity contribution in [3.05, 3.63) is 56.4 Å². The Hall–Kier alpha value is -2.65. The standard InChI is InChI=1S/C17H17N3O5S/c21-14(18-4-7-24-8-5-18)11-19-13-3-9-26-15(13)16(22)20(17(19)23)10-12-2-1-6-25-12/h1-3,6,9H,4-5,7-8,10-11H2. The molecule has 0 radical (unpaired) electrons. The molecule has 0 saturated carbocycles. The topological polar surface area (TPSA) is 86.7 Å². The normalized spacial score (nSPS) is 14.8. The largest absolute Gasteiger partial charge is 0.467 e. The molecule has 4 rings (SSSR count). The molecule has 1 saturated heterocycles. The minimum absolute atomic E-state index is 0.0320. The quantitative estimate of drug-likeness (QED) is 0.671. The zero-order valence-corrected chi connectivity index (χ0v) is 14.7. The number of morpholine rings is 1. The van der Waals surface area contributed by atoms with E-state index in [1.807, 2.05) is 0 Å². The first-order valence-electron chi connectivity index (χ1n) is 8.24. The SMILES string of the molecule is O=C(Cn1c(=O)n(Cc2ccco2)c(=O)c2sccc21)N1CCOCC1. The number of furan rings is 1. The van der Waals surface area contributed by atoms with Crippen LogP contribution in [-0.2, 0) is 22.6 Å². The third-order valence-electron chi connectivity index (χ3n) is 4.39. The summed E-state index contributed by atoms with van der Waals surface area (Å²) in [5.41, 5.74) is -0.396. The van der Waals surface area contributed by atoms with Gasteiger partial charge in [0.15, 0.2) is 0 Å². The summed E-state index contributed by atoms with van der Waals surface area (Å²) in [5, 5.41) is 1.75. The second-order valence-electron chi connectivity index (χ2n) is 5.97. The number of ether oxygens (including phenoxy) is 1. The summed E-state index contributed by atoms with van der Waals surface area (Å²) in [7, 11) is 0. The highest BCUT2D eigenvalue weighted by atomic mass is 32.1. The van der Waals surface area contributed by atoms with E-state index in [-0.39, 0.29) is 24.6 Å². The smallest absolute Gasteiger partial charge is 0.332 e. The van der Waals surface area contributed by atoms with Crippen LogP contribution in [0.4, 0.5) is 0 Å². The maximum absolute atomic E-state index is 12.9. The number of amides is 1. The molecule has 136 valence electrons. The molecule has 4 heterocycles. The molecular formula is C17H17N3O5S. The van der Waals surface area contributed by atoms with Gasteiger partial charge in [0.1, 0.15) is 17.0 Å². The summed E-state index contributed by atoms with van der Waals surface area (Å²) in [6.45, 7) is 1.92. The van der Waals surface area contributed by atoms with E-state index in [2.05, 4.69) is 0 Å². The lowest BCUT2D eigenvalue weighted by molar-refractivity contribution is -0.135. The zero-order chi connectivity index (χ0) is 18.1. The molecule has 0 aromatic carbocycles. The van der Waals surface area contributed by atoms with Crippen LogP contribution in [0.25, 0.3) is 10.2 Å². The molecule has 1 aliphatic rings. The summed E-state index contributed by atoms with van der Waals surface area (Å²) >= 11 is 1.26. The van der Waals surface area contributed by atoms with Gasteiger partial charge in [-0.1, -0.05) is 0 Å². The van der Waals surface area contributed by atoms with E-state index in [4.69, 9.17) is 9.15 Å². The highest BCUT2D eigenvalue weighted by molar-refractivity contribution is 7.17. The predicted octanol–water partition coefficient (Wildman–Crippen LogP) is 0.725. The van der Waals surface area contributed by atoms with E-state index in [1.165, 1.54) is 22.2 Å². The highest BCUT2D eigenvalue weighted by Gasteiger charge is 2.21. The van der Waals surface area contributed by atoms with Gasteiger partial charge < -0.3 is 14.1 Å². The Kier molecular flexibility index (Phi) is 4.48. The van der Waals surface area contributed by atoms with Crippen molar-refractivity contribution in [1.29, 1.82) is 0 Å². The fraction of sp³-hybridized carbons (Fsp3) is 0.353. The van der Waals surface area contributed by atoms with Crippen molar-refractivity contribution in [3.63, 3.8) is 0 Å². The molecule has 0 spiro atoms. The molecule has 0 N–H and O–H groups in total. The maximum Gasteiger partial charge on any atom is 0.332 e. The van der Waals surface area contributed by atoms with E-state index in [1.54, 1.807) is 28.5 Å². The van der Waals surface area contributed by atoms with Crippen molar-refractivity contribution in [1.82, 2.24) is 14.0 Å². The molecule has 1 fully saturated rings. The van der Waals surface area contributed by atoms with E-state index >= 15 is 0 Å². The number of hydrogen-bond donors (Lipinski definition) is 0. The molecule has 0 aliphatic carbocycles. The van der Waals surface area contributed by atoms with Gasteiger partial charge in [-0.2, -0.15) is 0 Å². The van der Waals surface area contributed by atoms with Crippen molar-refractivity contribution >= 4 is 27.5 Å². The van der Waals surface area contributed by atoms with Crippen LogP contribution in [0.5, 0.6) is 0 Å². The molecule has 8 nitrogen and oxygen atoms in total. The molecule has 0 atom stereocenters. The Bertz CT molecular complexity index is 1040. The van der Waals surface area contributed by atoms with E-state index in [0.29, 0.717) is 42.3 Å². The third-order valence-corrected chi connectivity index (χ3v) is 5.28. The van der Waals surface area contributed by atoms with Gasteiger partial charge in [-0.3, -0.25) is 18.7 Å². The minimum atomic E-state index is -0.515. The Balaban J connectivity index is 1.75. The van der Waals surface area contributed by atoms with E-state index in [0.717, 1.165) is 4.57 Å². The van der Waals surface area contributed by atoms with Gasteiger partial charge in [-0.05, 0) is 23.6 Å². The number of rotatable bonds is 4. The van der Waals surface area contributed by atoms with Gasteiger partial charge in [0.2, 0.25) is 5.91 Å². The lowest BCUT2D eigenvalue weighted by atomic mass is 10.3. The van der Waals surface area contributed by atoms with Crippen LogP contribution in [0.2, 0.25) is 0 Å². The summed E-state index contributed by atoms with van der Waals surface area (Å²) < 4.78 is 13.5. The molecule has 0 bridgehead atoms. The van der Waals surface area contributed by atoms with Crippen LogP contribution < -0.4 is 11.2 Å². The molecule has 1 amide bonds. The van der Waals surface area contributed by atoms with Crippen LogP contribution in [0.3, 0.4) is 0 Å². The van der Waals surface area contributed by atoms with Crippen molar-refractivity contribution in [2.75, 3.05) is 26.3 Å². The van der Waals surface area contributed by atoms with E-state index in [9.17, 15) is 14.4 Å². The third kappa shape index (κ3) is 2.99. The summed E-state index contributed by atoms with van der Waals surface area (Å²) in [4.78, 5) is 39.9. The van der Waals surface area contributed by atoms with Crippen molar-refractivity contribution in [3.8, 4) is 0 Å². The molecule has 9 heteroatoms. The first-order chi connectivity index (χ1) is 12.6. The average Bonchev–Trinajstić information content (AvgIpc) is 3.34. The number of nitrogens with zero attached hydrogens (tertiary/aromatic N) is 3. The lowest BCUT2D eigenvalue weighted by Gasteiger charge is -2.27. The van der Waals surface area contributed by atoms with Crippen LogP contribution in [0, 0.1) is 0 Å². The fourth-order valence-electron chi connectivity index (χ4n) is 3.03. The Morgan fingerprint density at radius 2 is 1.96 bits per heavy atom. The minimum Gasteiger partial charge on any atom is -0.467 e. The number of fused-ring (bicyclic) bond motifs is 1. The van der Waals surface area contributed by atoms with Gasteiger partial charge in [0, 0.05) is 13.1 Å². The summed E-state index contributed by atoms with van der Waals surface area (Å²) in [6, 6.07) is 5.10. The highest BCUT2D eigenvalue weighted by Crippen LogP contribution is 2.16. The molecule has 26 heavy (non-hydrogen) atoms. The second kappa shape index (κ2) is 6.93. The van der Waals surface area contributed by atoms with Gasteiger partial charge in [-0.25, -0.2) is 4.79 Å². The monoisotopic (exact) mass is 375 g/mol. The Labute approximate surface area is 151 Å². The number of hydrogen-bond acceptors (Lipinski definition) is 6. The summed E-state index contributed by atoms with van der Waals surface area (Å²) in [6.07, 6.45) is 1.49. The lowest BCUT2D eigenvalue weighted by Crippen LogP contribution is -2.46. The predicted molar refractivity (Wildman–Crippen MR) is 95.6 cm³/mol. The molecule has 3 aromatic heterocycles. The molecule has 0 unspecified atom stereocenters. The van der Waals surface area contributed by atoms with Gasteiger partial charge in [-0.15, -0.1) is 11.3 Å². The number of aromatic nitrogens is 2. The molecular weight excluding hydrogens is 358 g/mol. The van der Waals surface area contributed by atoms with Crippen LogP contribution in [0.15, 0.2) is 43.8 Å². The Morgan fingerprint density at radius 1 is 1.15 bits per heavy atom. The number of thiophene rings is 1. The van der Waals surface area contributed by atoms with Crippen molar-refractivity contribution < 1.29 is 13.9 Å². The van der Waals surface area contributed by atoms with Crippen LogP contribution in [0.1, 0.15) is 5.76 Å². The average molecular weight is 375 g/mol. The van der Waals surface area contributed by atoms with Gasteiger partial charge in [0.25, 0.3) is 5.56 Å². The van der Waals surface area contributed by atoms with Crippen molar-refractivity contribution in [2.45, 2.75) is 13.1 Å². The summed E-state index contributed by atoms with van der Waals surface area (Å²) in [5.74, 6) is 0.345.